The fourth-order valence-corrected chi connectivity index (χ4v) is 1.34. The van der Waals surface area contributed by atoms with E-state index in [2.05, 4.69) is 11.8 Å². The summed E-state index contributed by atoms with van der Waals surface area (Å²) in [5.41, 5.74) is 5.64. The summed E-state index contributed by atoms with van der Waals surface area (Å²) in [6.07, 6.45) is 0.503. The lowest BCUT2D eigenvalue weighted by atomic mass is 9.98. The molecular formula is C7H16N2O. The summed E-state index contributed by atoms with van der Waals surface area (Å²) < 4.78 is 0. The molecule has 1 aliphatic rings. The molecule has 60 valence electrons. The van der Waals surface area contributed by atoms with Crippen LogP contribution < -0.4 is 5.73 Å². The van der Waals surface area contributed by atoms with Crippen LogP contribution in [-0.2, 0) is 0 Å². The van der Waals surface area contributed by atoms with E-state index < -0.39 is 0 Å². The predicted octanol–water partition coefficient (Wildman–Crippen LogP) is -0.601. The molecule has 3 heteroatoms. The van der Waals surface area contributed by atoms with E-state index in [1.807, 2.05) is 7.05 Å². The molecule has 0 spiro atoms. The molecule has 0 aromatic carbocycles. The molecule has 1 fully saturated rings. The number of aliphatic hydroxyl groups excluding tert-OH is 1. The van der Waals surface area contributed by atoms with Crippen LogP contribution in [0.15, 0.2) is 0 Å². The second-order valence-electron chi connectivity index (χ2n) is 3.26. The van der Waals surface area contributed by atoms with Gasteiger partial charge in [-0.15, -0.1) is 0 Å². The summed E-state index contributed by atoms with van der Waals surface area (Å²) in [6, 6.07) is 0.413. The molecule has 1 saturated heterocycles. The van der Waals surface area contributed by atoms with Crippen LogP contribution in [0.2, 0.25) is 0 Å². The van der Waals surface area contributed by atoms with Crippen molar-refractivity contribution in [1.82, 2.24) is 4.90 Å². The number of nitrogens with two attached hydrogens (primary N) is 1. The van der Waals surface area contributed by atoms with E-state index >= 15 is 0 Å². The highest BCUT2D eigenvalue weighted by molar-refractivity contribution is 4.85. The first kappa shape index (κ1) is 7.98. The second kappa shape index (κ2) is 2.86. The number of likely N-dealkylation sites (tertiary alicyclic amines) is 1. The van der Waals surface area contributed by atoms with Crippen LogP contribution in [0.3, 0.4) is 0 Å². The Kier molecular flexibility index (Phi) is 2.28. The standard InChI is InChI=1S/C7H16N2O/c1-5-3-7(10)6(8)4-9(5)2/h5-7,10H,3-4,8H2,1-2H3. The van der Waals surface area contributed by atoms with E-state index in [0.717, 1.165) is 13.0 Å². The maximum Gasteiger partial charge on any atom is 0.0718 e. The molecule has 3 nitrogen and oxygen atoms in total. The average Bonchev–Trinajstić information content (AvgIpc) is 1.84. The lowest BCUT2D eigenvalue weighted by Crippen LogP contribution is -2.53. The minimum absolute atomic E-state index is 0.0544. The normalized spacial score (nSPS) is 43.8. The van der Waals surface area contributed by atoms with E-state index in [4.69, 9.17) is 5.73 Å². The summed E-state index contributed by atoms with van der Waals surface area (Å²) in [6.45, 7) is 2.91. The molecule has 1 rings (SSSR count). The lowest BCUT2D eigenvalue weighted by molar-refractivity contribution is 0.0437. The van der Waals surface area contributed by atoms with Gasteiger partial charge in [-0.2, -0.15) is 0 Å². The van der Waals surface area contributed by atoms with Gasteiger partial charge in [0.15, 0.2) is 0 Å². The molecule has 3 atom stereocenters. The number of hydrogen-bond acceptors (Lipinski definition) is 3. The van der Waals surface area contributed by atoms with Gasteiger partial charge in [0.25, 0.3) is 0 Å². The van der Waals surface area contributed by atoms with E-state index in [-0.39, 0.29) is 12.1 Å². The number of nitrogens with zero attached hydrogens (tertiary/aromatic N) is 1. The SMILES string of the molecule is CC1CC(O)C(N)CN1C. The van der Waals surface area contributed by atoms with Crippen LogP contribution in [0.4, 0.5) is 0 Å². The van der Waals surface area contributed by atoms with Crippen molar-refractivity contribution in [3.63, 3.8) is 0 Å². The Balaban J connectivity index is 2.46. The number of rotatable bonds is 0. The van der Waals surface area contributed by atoms with Crippen molar-refractivity contribution >= 4 is 0 Å². The summed E-state index contributed by atoms with van der Waals surface area (Å²) >= 11 is 0. The first-order valence-corrected chi connectivity index (χ1v) is 3.75. The summed E-state index contributed by atoms with van der Waals surface area (Å²) in [7, 11) is 2.04. The Hall–Kier alpha value is -0.120. The minimum Gasteiger partial charge on any atom is -0.391 e. The highest BCUT2D eigenvalue weighted by atomic mass is 16.3. The largest absolute Gasteiger partial charge is 0.391 e. The zero-order chi connectivity index (χ0) is 7.72. The molecule has 3 unspecified atom stereocenters. The molecule has 1 aliphatic heterocycles. The molecule has 0 aromatic rings. The van der Waals surface area contributed by atoms with Gasteiger partial charge in [0.2, 0.25) is 0 Å². The van der Waals surface area contributed by atoms with Crippen molar-refractivity contribution in [2.45, 2.75) is 31.5 Å². The molecule has 0 aliphatic carbocycles. The first-order valence-electron chi connectivity index (χ1n) is 3.75. The number of likely N-dealkylation sites (N-methyl/N-ethyl adjacent to an activating group) is 1. The molecule has 0 radical (unpaired) electrons. The Labute approximate surface area is 61.8 Å². The Morgan fingerprint density at radius 2 is 2.20 bits per heavy atom. The van der Waals surface area contributed by atoms with Gasteiger partial charge in [-0.1, -0.05) is 0 Å². The van der Waals surface area contributed by atoms with Crippen LogP contribution in [0.25, 0.3) is 0 Å². The molecule has 1 heterocycles. The third-order valence-electron chi connectivity index (χ3n) is 2.33. The monoisotopic (exact) mass is 144 g/mol. The van der Waals surface area contributed by atoms with Gasteiger partial charge in [-0.25, -0.2) is 0 Å². The zero-order valence-corrected chi connectivity index (χ0v) is 6.62. The Bertz CT molecular complexity index is 92.2. The lowest BCUT2D eigenvalue weighted by Gasteiger charge is -2.36. The minimum atomic E-state index is -0.300. The summed E-state index contributed by atoms with van der Waals surface area (Å²) in [5, 5.41) is 9.31. The van der Waals surface area contributed by atoms with Crippen LogP contribution >= 0.6 is 0 Å². The average molecular weight is 144 g/mol. The summed E-state index contributed by atoms with van der Waals surface area (Å²) in [5.74, 6) is 0. The molecule has 0 bridgehead atoms. The molecule has 0 saturated carbocycles. The number of aliphatic hydroxyl groups is 1. The number of piperidine rings is 1. The van der Waals surface area contributed by atoms with Gasteiger partial charge in [0.1, 0.15) is 0 Å². The van der Waals surface area contributed by atoms with Crippen molar-refractivity contribution < 1.29 is 5.11 Å². The highest BCUT2D eigenvalue weighted by Gasteiger charge is 2.27. The van der Waals surface area contributed by atoms with Crippen molar-refractivity contribution in [1.29, 1.82) is 0 Å². The topological polar surface area (TPSA) is 49.5 Å². The summed E-state index contributed by atoms with van der Waals surface area (Å²) in [4.78, 5) is 2.18. The Morgan fingerprint density at radius 3 is 2.70 bits per heavy atom. The molecule has 0 aromatic heterocycles. The maximum atomic E-state index is 9.31. The van der Waals surface area contributed by atoms with Gasteiger partial charge in [-0.3, -0.25) is 0 Å². The van der Waals surface area contributed by atoms with Crippen LogP contribution in [-0.4, -0.2) is 41.8 Å². The van der Waals surface area contributed by atoms with Crippen molar-refractivity contribution in [2.75, 3.05) is 13.6 Å². The third kappa shape index (κ3) is 1.48. The second-order valence-corrected chi connectivity index (χ2v) is 3.26. The van der Waals surface area contributed by atoms with Gasteiger partial charge in [0.05, 0.1) is 6.10 Å². The van der Waals surface area contributed by atoms with Gasteiger partial charge >= 0.3 is 0 Å². The van der Waals surface area contributed by atoms with Crippen LogP contribution in [0.5, 0.6) is 0 Å². The predicted molar refractivity (Wildman–Crippen MR) is 40.7 cm³/mol. The number of hydrogen-bond donors (Lipinski definition) is 2. The molecule has 10 heavy (non-hydrogen) atoms. The van der Waals surface area contributed by atoms with Crippen molar-refractivity contribution in [3.8, 4) is 0 Å². The molecule has 0 amide bonds. The van der Waals surface area contributed by atoms with E-state index in [0.29, 0.717) is 6.04 Å². The van der Waals surface area contributed by atoms with Crippen LogP contribution in [0.1, 0.15) is 13.3 Å². The smallest absolute Gasteiger partial charge is 0.0718 e. The van der Waals surface area contributed by atoms with Crippen molar-refractivity contribution in [2.24, 2.45) is 5.73 Å². The Morgan fingerprint density at radius 1 is 1.60 bits per heavy atom. The van der Waals surface area contributed by atoms with Gasteiger partial charge in [0, 0.05) is 18.6 Å². The molecular weight excluding hydrogens is 128 g/mol. The van der Waals surface area contributed by atoms with Crippen molar-refractivity contribution in [3.05, 3.63) is 0 Å². The van der Waals surface area contributed by atoms with E-state index in [9.17, 15) is 5.11 Å². The third-order valence-corrected chi connectivity index (χ3v) is 2.33. The quantitative estimate of drug-likeness (QED) is 0.477. The fraction of sp³-hybridized carbons (Fsp3) is 1.00. The van der Waals surface area contributed by atoms with E-state index in [1.54, 1.807) is 0 Å². The van der Waals surface area contributed by atoms with Gasteiger partial charge in [-0.05, 0) is 20.4 Å². The maximum absolute atomic E-state index is 9.31. The first-order chi connectivity index (χ1) is 4.61. The fourth-order valence-electron chi connectivity index (χ4n) is 1.34. The highest BCUT2D eigenvalue weighted by Crippen LogP contribution is 2.13. The zero-order valence-electron chi connectivity index (χ0n) is 6.62. The van der Waals surface area contributed by atoms with Crippen LogP contribution in [0, 0.1) is 0 Å². The molecule has 3 N–H and O–H groups in total. The van der Waals surface area contributed by atoms with E-state index in [1.165, 1.54) is 0 Å². The van der Waals surface area contributed by atoms with Gasteiger partial charge < -0.3 is 15.7 Å².